The first-order chi connectivity index (χ1) is 5.38. The molecule has 1 N–H and O–H groups in total. The van der Waals surface area contributed by atoms with Gasteiger partial charge in [-0.15, -0.1) is 0 Å². The van der Waals surface area contributed by atoms with Crippen LogP contribution < -0.4 is 10.6 Å². The first kappa shape index (κ1) is 6.40. The van der Waals surface area contributed by atoms with E-state index in [1.807, 2.05) is 18.2 Å². The van der Waals surface area contributed by atoms with Crippen molar-refractivity contribution in [2.24, 2.45) is 4.99 Å². The minimum atomic E-state index is 0.339. The number of nitrogens with zero attached hydrogens (tertiary/aromatic N) is 1. The molecule has 0 aromatic heterocycles. The molecular weight excluding hydrogens is 138 g/mol. The van der Waals surface area contributed by atoms with Crippen LogP contribution in [-0.2, 0) is 0 Å². The maximum absolute atomic E-state index is 9.37. The summed E-state index contributed by atoms with van der Waals surface area (Å²) in [7, 11) is 0. The number of aromatic hydroxyl groups is 1. The summed E-state index contributed by atoms with van der Waals surface area (Å²) < 4.78 is 0. The van der Waals surface area contributed by atoms with Crippen LogP contribution in [0.3, 0.4) is 0 Å². The number of phenols is 1. The molecule has 1 aliphatic heterocycles. The van der Waals surface area contributed by atoms with E-state index in [1.54, 1.807) is 6.07 Å². The maximum Gasteiger partial charge on any atom is 0.124 e. The molecule has 1 heterocycles. The molecule has 1 aromatic rings. The number of rotatable bonds is 0. The molecule has 0 unspecified atom stereocenters. The Morgan fingerprint density at radius 3 is 3.09 bits per heavy atom. The maximum atomic E-state index is 9.37. The number of hydrogen-bond donors (Lipinski definition) is 1. The molecule has 0 fully saturated rings. The summed E-state index contributed by atoms with van der Waals surface area (Å²) in [6.07, 6.45) is 2.96. The smallest absolute Gasteiger partial charge is 0.124 e. The fourth-order valence-corrected chi connectivity index (χ4v) is 1.28. The highest BCUT2D eigenvalue weighted by atomic mass is 16.3. The Hall–Kier alpha value is -1.31. The van der Waals surface area contributed by atoms with E-state index in [0.29, 0.717) is 5.75 Å². The van der Waals surface area contributed by atoms with Gasteiger partial charge in [0.2, 0.25) is 0 Å². The monoisotopic (exact) mass is 147 g/mol. The average molecular weight is 147 g/mol. The number of phenolic OH excluding ortho intramolecular Hbond substituents is 1. The third kappa shape index (κ3) is 1.00. The zero-order chi connectivity index (χ0) is 7.68. The summed E-state index contributed by atoms with van der Waals surface area (Å²) in [5, 5.41) is 11.2. The van der Waals surface area contributed by atoms with E-state index in [1.165, 1.54) is 0 Å². The fraction of sp³-hybridized carbons (Fsp3) is 0.222. The number of fused-ring (bicyclic) bond motifs is 1. The Labute approximate surface area is 64.5 Å². The standard InChI is InChI=1S/C9H9NO/c11-9-5-1-4-8-7(9)3-2-6-10-8/h1,3-5,11H,2,6H2. The molecule has 0 bridgehead atoms. The van der Waals surface area contributed by atoms with Crippen molar-refractivity contribution in [3.8, 4) is 5.75 Å². The van der Waals surface area contributed by atoms with Crippen molar-refractivity contribution >= 4 is 6.08 Å². The molecule has 0 atom stereocenters. The first-order valence-electron chi connectivity index (χ1n) is 3.70. The lowest BCUT2D eigenvalue weighted by molar-refractivity contribution is 0.469. The summed E-state index contributed by atoms with van der Waals surface area (Å²) in [6.45, 7) is 0.844. The van der Waals surface area contributed by atoms with Gasteiger partial charge in [0.25, 0.3) is 0 Å². The highest BCUT2D eigenvalue weighted by Crippen LogP contribution is 1.97. The Morgan fingerprint density at radius 2 is 2.27 bits per heavy atom. The second kappa shape index (κ2) is 2.38. The van der Waals surface area contributed by atoms with Gasteiger partial charge in [-0.2, -0.15) is 0 Å². The van der Waals surface area contributed by atoms with E-state index >= 15 is 0 Å². The van der Waals surface area contributed by atoms with Gasteiger partial charge in [0, 0.05) is 11.8 Å². The molecule has 0 saturated carbocycles. The van der Waals surface area contributed by atoms with Gasteiger partial charge in [0.1, 0.15) is 5.75 Å². The van der Waals surface area contributed by atoms with E-state index in [-0.39, 0.29) is 0 Å². The van der Waals surface area contributed by atoms with Crippen LogP contribution in [0.2, 0.25) is 0 Å². The highest BCUT2D eigenvalue weighted by molar-refractivity contribution is 5.34. The van der Waals surface area contributed by atoms with Crippen LogP contribution in [0.1, 0.15) is 6.42 Å². The van der Waals surface area contributed by atoms with E-state index in [0.717, 1.165) is 23.5 Å². The van der Waals surface area contributed by atoms with Crippen LogP contribution in [0, 0.1) is 0 Å². The van der Waals surface area contributed by atoms with Gasteiger partial charge in [0.15, 0.2) is 0 Å². The SMILES string of the molecule is Oc1cccc2c1=CCCN=2. The van der Waals surface area contributed by atoms with Crippen molar-refractivity contribution in [2.75, 3.05) is 6.54 Å². The van der Waals surface area contributed by atoms with Crippen LogP contribution in [0.5, 0.6) is 5.75 Å². The lowest BCUT2D eigenvalue weighted by Gasteiger charge is -1.99. The zero-order valence-electron chi connectivity index (χ0n) is 6.12. The molecule has 1 aromatic carbocycles. The molecule has 2 rings (SSSR count). The van der Waals surface area contributed by atoms with Crippen LogP contribution in [0.15, 0.2) is 23.2 Å². The Balaban J connectivity index is 2.88. The first-order valence-corrected chi connectivity index (χ1v) is 3.70. The van der Waals surface area contributed by atoms with Gasteiger partial charge in [-0.05, 0) is 18.6 Å². The lowest BCUT2D eigenvalue weighted by Crippen LogP contribution is -2.27. The van der Waals surface area contributed by atoms with Crippen molar-refractivity contribution in [1.29, 1.82) is 0 Å². The number of benzene rings is 1. The largest absolute Gasteiger partial charge is 0.507 e. The topological polar surface area (TPSA) is 32.6 Å². The van der Waals surface area contributed by atoms with Crippen LogP contribution in [0.25, 0.3) is 6.08 Å². The summed E-state index contributed by atoms with van der Waals surface area (Å²) in [6, 6.07) is 5.43. The van der Waals surface area contributed by atoms with Gasteiger partial charge in [0.05, 0.1) is 5.36 Å². The minimum absolute atomic E-state index is 0.339. The van der Waals surface area contributed by atoms with Crippen LogP contribution in [0.4, 0.5) is 0 Å². The predicted molar refractivity (Wildman–Crippen MR) is 42.8 cm³/mol. The molecule has 0 aliphatic carbocycles. The van der Waals surface area contributed by atoms with E-state index in [2.05, 4.69) is 4.99 Å². The summed E-state index contributed by atoms with van der Waals surface area (Å²) in [5.74, 6) is 0.339. The third-order valence-electron chi connectivity index (χ3n) is 1.82. The van der Waals surface area contributed by atoms with Crippen molar-refractivity contribution < 1.29 is 5.11 Å². The van der Waals surface area contributed by atoms with E-state index in [9.17, 15) is 5.11 Å². The van der Waals surface area contributed by atoms with Gasteiger partial charge in [-0.3, -0.25) is 4.99 Å². The molecule has 0 spiro atoms. The van der Waals surface area contributed by atoms with Crippen LogP contribution >= 0.6 is 0 Å². The normalized spacial score (nSPS) is 14.5. The molecule has 0 saturated heterocycles. The zero-order valence-corrected chi connectivity index (χ0v) is 6.12. The van der Waals surface area contributed by atoms with Crippen molar-refractivity contribution in [2.45, 2.75) is 6.42 Å². The molecule has 11 heavy (non-hydrogen) atoms. The highest BCUT2D eigenvalue weighted by Gasteiger charge is 1.96. The predicted octanol–water partition coefficient (Wildman–Crippen LogP) is 0.196. The quantitative estimate of drug-likeness (QED) is 0.558. The molecule has 1 aliphatic rings. The average Bonchev–Trinajstić information content (AvgIpc) is 2.06. The molecule has 56 valence electrons. The van der Waals surface area contributed by atoms with Gasteiger partial charge < -0.3 is 5.11 Å². The second-order valence-corrected chi connectivity index (χ2v) is 2.58. The summed E-state index contributed by atoms with van der Waals surface area (Å²) in [4.78, 5) is 4.26. The Bertz CT molecular complexity index is 381. The molecule has 0 radical (unpaired) electrons. The minimum Gasteiger partial charge on any atom is -0.507 e. The Kier molecular flexibility index (Phi) is 1.39. The van der Waals surface area contributed by atoms with Crippen molar-refractivity contribution in [3.05, 3.63) is 28.8 Å². The van der Waals surface area contributed by atoms with Gasteiger partial charge in [-0.1, -0.05) is 12.1 Å². The van der Waals surface area contributed by atoms with E-state index in [4.69, 9.17) is 0 Å². The van der Waals surface area contributed by atoms with E-state index < -0.39 is 0 Å². The third-order valence-corrected chi connectivity index (χ3v) is 1.82. The molecular formula is C9H9NO. The van der Waals surface area contributed by atoms with Crippen LogP contribution in [-0.4, -0.2) is 11.7 Å². The molecule has 2 nitrogen and oxygen atoms in total. The molecule has 2 heteroatoms. The Morgan fingerprint density at radius 1 is 1.36 bits per heavy atom. The summed E-state index contributed by atoms with van der Waals surface area (Å²) in [5.41, 5.74) is 0. The fourth-order valence-electron chi connectivity index (χ4n) is 1.28. The van der Waals surface area contributed by atoms with Crippen molar-refractivity contribution in [3.63, 3.8) is 0 Å². The van der Waals surface area contributed by atoms with Gasteiger partial charge in [-0.25, -0.2) is 0 Å². The second-order valence-electron chi connectivity index (χ2n) is 2.58. The summed E-state index contributed by atoms with van der Waals surface area (Å²) >= 11 is 0. The lowest BCUT2D eigenvalue weighted by atomic mass is 10.2. The van der Waals surface area contributed by atoms with Crippen molar-refractivity contribution in [1.82, 2.24) is 0 Å². The number of hydrogen-bond acceptors (Lipinski definition) is 2. The van der Waals surface area contributed by atoms with Gasteiger partial charge >= 0.3 is 0 Å². The molecule has 0 amide bonds.